The molecule has 1 unspecified atom stereocenters. The summed E-state index contributed by atoms with van der Waals surface area (Å²) in [6.45, 7) is 5.01. The quantitative estimate of drug-likeness (QED) is 0.906. The standard InChI is InChI=1S/C18H24FNO3/c1-18(2,14-6-8-15(19)9-7-14)17(23)20-11-3-4-13(12-20)5-10-16(21)22/h6-9,13H,3-5,10-12H2,1-2H3,(H,21,22). The predicted molar refractivity (Wildman–Crippen MR) is 85.6 cm³/mol. The molecule has 0 bridgehead atoms. The number of hydrogen-bond acceptors (Lipinski definition) is 2. The number of amides is 1. The van der Waals surface area contributed by atoms with Gasteiger partial charge in [-0.2, -0.15) is 0 Å². The molecule has 126 valence electrons. The van der Waals surface area contributed by atoms with Crippen molar-refractivity contribution < 1.29 is 19.1 Å². The van der Waals surface area contributed by atoms with E-state index >= 15 is 0 Å². The normalized spacial score (nSPS) is 18.7. The van der Waals surface area contributed by atoms with E-state index in [0.717, 1.165) is 18.4 Å². The Hall–Kier alpha value is -1.91. The summed E-state index contributed by atoms with van der Waals surface area (Å²) in [4.78, 5) is 25.5. The van der Waals surface area contributed by atoms with E-state index < -0.39 is 11.4 Å². The van der Waals surface area contributed by atoms with Crippen LogP contribution in [-0.2, 0) is 15.0 Å². The van der Waals surface area contributed by atoms with Crippen LogP contribution in [0.25, 0.3) is 0 Å². The van der Waals surface area contributed by atoms with Crippen LogP contribution in [0.2, 0.25) is 0 Å². The van der Waals surface area contributed by atoms with Crippen molar-refractivity contribution in [2.24, 2.45) is 5.92 Å². The van der Waals surface area contributed by atoms with Crippen LogP contribution in [-0.4, -0.2) is 35.0 Å². The second kappa shape index (κ2) is 7.11. The highest BCUT2D eigenvalue weighted by atomic mass is 19.1. The number of carbonyl (C=O) groups excluding carboxylic acids is 1. The summed E-state index contributed by atoms with van der Waals surface area (Å²) in [6.07, 6.45) is 2.62. The van der Waals surface area contributed by atoms with Crippen molar-refractivity contribution in [3.05, 3.63) is 35.6 Å². The molecule has 23 heavy (non-hydrogen) atoms. The van der Waals surface area contributed by atoms with Gasteiger partial charge in [-0.25, -0.2) is 4.39 Å². The van der Waals surface area contributed by atoms with Crippen LogP contribution < -0.4 is 0 Å². The molecule has 1 saturated heterocycles. The number of nitrogens with zero attached hydrogens (tertiary/aromatic N) is 1. The van der Waals surface area contributed by atoms with Gasteiger partial charge in [0, 0.05) is 19.5 Å². The molecule has 1 aromatic rings. The third kappa shape index (κ3) is 4.30. The minimum atomic E-state index is -0.792. The van der Waals surface area contributed by atoms with Crippen LogP contribution in [0.4, 0.5) is 4.39 Å². The molecule has 4 nitrogen and oxygen atoms in total. The number of halogens is 1. The van der Waals surface area contributed by atoms with Crippen LogP contribution in [0.5, 0.6) is 0 Å². The summed E-state index contributed by atoms with van der Waals surface area (Å²) >= 11 is 0. The van der Waals surface area contributed by atoms with Crippen LogP contribution in [0, 0.1) is 11.7 Å². The molecule has 0 saturated carbocycles. The van der Waals surface area contributed by atoms with Gasteiger partial charge in [-0.1, -0.05) is 12.1 Å². The predicted octanol–water partition coefficient (Wildman–Crippen LogP) is 3.21. The van der Waals surface area contributed by atoms with Crippen LogP contribution in [0.1, 0.15) is 45.1 Å². The summed E-state index contributed by atoms with van der Waals surface area (Å²) in [7, 11) is 0. The molecular formula is C18H24FNO3. The fourth-order valence-electron chi connectivity index (χ4n) is 3.20. The first-order valence-electron chi connectivity index (χ1n) is 8.08. The minimum absolute atomic E-state index is 0.0177. The number of benzene rings is 1. The lowest BCUT2D eigenvalue weighted by atomic mass is 9.82. The molecule has 0 radical (unpaired) electrons. The molecule has 1 atom stereocenters. The lowest BCUT2D eigenvalue weighted by molar-refractivity contribution is -0.138. The molecule has 5 heteroatoms. The van der Waals surface area contributed by atoms with Gasteiger partial charge >= 0.3 is 5.97 Å². The van der Waals surface area contributed by atoms with Crippen LogP contribution in [0.15, 0.2) is 24.3 Å². The highest BCUT2D eigenvalue weighted by molar-refractivity contribution is 5.87. The number of likely N-dealkylation sites (tertiary alicyclic amines) is 1. The summed E-state index contributed by atoms with van der Waals surface area (Å²) in [6, 6.07) is 6.05. The van der Waals surface area contributed by atoms with Crippen LogP contribution in [0.3, 0.4) is 0 Å². The molecule has 2 rings (SSSR count). The Morgan fingerprint density at radius 1 is 1.30 bits per heavy atom. The van der Waals surface area contributed by atoms with Gasteiger partial charge in [-0.15, -0.1) is 0 Å². The average Bonchev–Trinajstić information content (AvgIpc) is 2.53. The Labute approximate surface area is 136 Å². The smallest absolute Gasteiger partial charge is 0.303 e. The maximum atomic E-state index is 13.1. The minimum Gasteiger partial charge on any atom is -0.481 e. The third-order valence-corrected chi connectivity index (χ3v) is 4.67. The number of piperidine rings is 1. The molecule has 1 N–H and O–H groups in total. The Morgan fingerprint density at radius 2 is 1.96 bits per heavy atom. The first-order valence-corrected chi connectivity index (χ1v) is 8.08. The lowest BCUT2D eigenvalue weighted by Crippen LogP contribution is -2.48. The molecule has 0 aromatic heterocycles. The molecular weight excluding hydrogens is 297 g/mol. The monoisotopic (exact) mass is 321 g/mol. The molecule has 1 aromatic carbocycles. The van der Waals surface area contributed by atoms with Gasteiger partial charge in [0.2, 0.25) is 5.91 Å². The Bertz CT molecular complexity index is 568. The molecule has 0 spiro atoms. The van der Waals surface area contributed by atoms with E-state index in [0.29, 0.717) is 19.5 Å². The third-order valence-electron chi connectivity index (χ3n) is 4.67. The van der Waals surface area contributed by atoms with E-state index in [1.165, 1.54) is 12.1 Å². The zero-order valence-corrected chi connectivity index (χ0v) is 13.7. The highest BCUT2D eigenvalue weighted by Crippen LogP contribution is 2.29. The van der Waals surface area contributed by atoms with Crippen molar-refractivity contribution in [3.63, 3.8) is 0 Å². The number of rotatable bonds is 5. The van der Waals surface area contributed by atoms with Crippen molar-refractivity contribution in [1.29, 1.82) is 0 Å². The molecule has 1 heterocycles. The van der Waals surface area contributed by atoms with Gasteiger partial charge in [0.1, 0.15) is 5.82 Å². The van der Waals surface area contributed by atoms with Gasteiger partial charge in [0.25, 0.3) is 0 Å². The Morgan fingerprint density at radius 3 is 2.57 bits per heavy atom. The van der Waals surface area contributed by atoms with Crippen molar-refractivity contribution in [1.82, 2.24) is 4.90 Å². The largest absolute Gasteiger partial charge is 0.481 e. The maximum absolute atomic E-state index is 13.1. The summed E-state index contributed by atoms with van der Waals surface area (Å²) in [5.41, 5.74) is 0.0686. The van der Waals surface area contributed by atoms with E-state index in [1.807, 2.05) is 18.7 Å². The van der Waals surface area contributed by atoms with E-state index in [2.05, 4.69) is 0 Å². The van der Waals surface area contributed by atoms with Gasteiger partial charge in [0.15, 0.2) is 0 Å². The van der Waals surface area contributed by atoms with Gasteiger partial charge in [0.05, 0.1) is 5.41 Å². The Kier molecular flexibility index (Phi) is 5.39. The van der Waals surface area contributed by atoms with E-state index in [4.69, 9.17) is 5.11 Å². The number of carboxylic acid groups (broad SMARTS) is 1. The summed E-state index contributed by atoms with van der Waals surface area (Å²) < 4.78 is 13.1. The molecule has 1 aliphatic rings. The van der Waals surface area contributed by atoms with Gasteiger partial charge in [-0.3, -0.25) is 9.59 Å². The first-order chi connectivity index (χ1) is 10.8. The molecule has 1 aliphatic heterocycles. The number of aliphatic carboxylic acids is 1. The summed E-state index contributed by atoms with van der Waals surface area (Å²) in [5, 5.41) is 8.81. The molecule has 1 fully saturated rings. The second-order valence-electron chi connectivity index (χ2n) is 6.82. The van der Waals surface area contributed by atoms with Gasteiger partial charge in [-0.05, 0) is 56.7 Å². The SMILES string of the molecule is CC(C)(C(=O)N1CCCC(CCC(=O)O)C1)c1ccc(F)cc1. The molecule has 1 amide bonds. The fourth-order valence-corrected chi connectivity index (χ4v) is 3.20. The Balaban J connectivity index is 2.05. The fraction of sp³-hybridized carbons (Fsp3) is 0.556. The van der Waals surface area contributed by atoms with Gasteiger partial charge < -0.3 is 10.0 Å². The average molecular weight is 321 g/mol. The van der Waals surface area contributed by atoms with Crippen molar-refractivity contribution >= 4 is 11.9 Å². The van der Waals surface area contributed by atoms with E-state index in [9.17, 15) is 14.0 Å². The van der Waals surface area contributed by atoms with Crippen molar-refractivity contribution in [3.8, 4) is 0 Å². The van der Waals surface area contributed by atoms with Crippen molar-refractivity contribution in [2.75, 3.05) is 13.1 Å². The topological polar surface area (TPSA) is 57.6 Å². The number of carbonyl (C=O) groups is 2. The number of carboxylic acids is 1. The van der Waals surface area contributed by atoms with Crippen LogP contribution >= 0.6 is 0 Å². The summed E-state index contributed by atoms with van der Waals surface area (Å²) in [5.74, 6) is -0.847. The second-order valence-corrected chi connectivity index (χ2v) is 6.82. The van der Waals surface area contributed by atoms with Crippen molar-refractivity contribution in [2.45, 2.75) is 44.9 Å². The van der Waals surface area contributed by atoms with E-state index in [1.54, 1.807) is 12.1 Å². The lowest BCUT2D eigenvalue weighted by Gasteiger charge is -2.38. The zero-order chi connectivity index (χ0) is 17.0. The zero-order valence-electron chi connectivity index (χ0n) is 13.7. The maximum Gasteiger partial charge on any atom is 0.303 e. The highest BCUT2D eigenvalue weighted by Gasteiger charge is 2.35. The first kappa shape index (κ1) is 17.4. The molecule has 0 aliphatic carbocycles. The van der Waals surface area contributed by atoms with E-state index in [-0.39, 0.29) is 24.1 Å². The number of hydrogen-bond donors (Lipinski definition) is 1.